The van der Waals surface area contributed by atoms with Crippen LogP contribution < -0.4 is 0 Å². The molecule has 1 N–H and O–H groups in total. The lowest BCUT2D eigenvalue weighted by Gasteiger charge is -2.00. The van der Waals surface area contributed by atoms with Crippen LogP contribution in [-0.4, -0.2) is 31.0 Å². The minimum atomic E-state index is -1.28. The molecule has 1 heterocycles. The number of rotatable bonds is 3. The fraction of sp³-hybridized carbons (Fsp3) is 0. The fourth-order valence-electron chi connectivity index (χ4n) is 1.27. The van der Waals surface area contributed by atoms with E-state index in [1.807, 2.05) is 0 Å². The largest absolute Gasteiger partial charge is 0.476 e. The molecule has 92 valence electrons. The molecule has 0 aliphatic heterocycles. The lowest BCUT2D eigenvalue weighted by molar-refractivity contribution is -0.387. The van der Waals surface area contributed by atoms with Crippen molar-refractivity contribution in [3.05, 3.63) is 46.0 Å². The molecule has 0 fully saturated rings. The Morgan fingerprint density at radius 2 is 2.22 bits per heavy atom. The Hall–Kier alpha value is -2.84. The SMILES string of the molecule is O=C(O)c1cn(-c2ccc(F)c([N+](=O)[O-])c2)nn1. The average Bonchev–Trinajstić information content (AvgIpc) is 2.78. The van der Waals surface area contributed by atoms with Crippen LogP contribution in [0.25, 0.3) is 5.69 Å². The number of aromatic carboxylic acids is 1. The van der Waals surface area contributed by atoms with Crippen molar-refractivity contribution >= 4 is 11.7 Å². The molecule has 1 aromatic heterocycles. The van der Waals surface area contributed by atoms with Gasteiger partial charge in [0.05, 0.1) is 16.8 Å². The molecular formula is C9H5FN4O4. The Kier molecular flexibility index (Phi) is 2.72. The van der Waals surface area contributed by atoms with E-state index in [2.05, 4.69) is 10.3 Å². The van der Waals surface area contributed by atoms with E-state index in [4.69, 9.17) is 5.11 Å². The maximum Gasteiger partial charge on any atom is 0.358 e. The van der Waals surface area contributed by atoms with Crippen molar-refractivity contribution in [1.29, 1.82) is 0 Å². The molecular weight excluding hydrogens is 247 g/mol. The van der Waals surface area contributed by atoms with Gasteiger partial charge in [0, 0.05) is 6.07 Å². The first-order valence-electron chi connectivity index (χ1n) is 4.59. The molecule has 0 aliphatic rings. The highest BCUT2D eigenvalue weighted by molar-refractivity contribution is 5.84. The Morgan fingerprint density at radius 1 is 1.50 bits per heavy atom. The van der Waals surface area contributed by atoms with Crippen LogP contribution in [0.1, 0.15) is 10.5 Å². The molecule has 1 aromatic carbocycles. The van der Waals surface area contributed by atoms with E-state index in [1.165, 1.54) is 6.07 Å². The van der Waals surface area contributed by atoms with Crippen molar-refractivity contribution in [3.63, 3.8) is 0 Å². The minimum absolute atomic E-state index is 0.142. The third-order valence-corrected chi connectivity index (χ3v) is 2.10. The van der Waals surface area contributed by atoms with Gasteiger partial charge in [0.25, 0.3) is 0 Å². The highest BCUT2D eigenvalue weighted by Crippen LogP contribution is 2.20. The van der Waals surface area contributed by atoms with Crippen LogP contribution in [0, 0.1) is 15.9 Å². The van der Waals surface area contributed by atoms with Crippen molar-refractivity contribution in [2.24, 2.45) is 0 Å². The summed E-state index contributed by atoms with van der Waals surface area (Å²) in [5.74, 6) is -2.26. The third kappa shape index (κ3) is 2.00. The molecule has 8 nitrogen and oxygen atoms in total. The predicted octanol–water partition coefficient (Wildman–Crippen LogP) is 1.01. The summed E-state index contributed by atoms with van der Waals surface area (Å²) < 4.78 is 14.1. The third-order valence-electron chi connectivity index (χ3n) is 2.10. The van der Waals surface area contributed by atoms with Gasteiger partial charge in [-0.3, -0.25) is 10.1 Å². The van der Waals surface area contributed by atoms with E-state index in [0.717, 1.165) is 23.0 Å². The molecule has 2 rings (SSSR count). The number of benzene rings is 1. The summed E-state index contributed by atoms with van der Waals surface area (Å²) >= 11 is 0. The predicted molar refractivity (Wildman–Crippen MR) is 54.9 cm³/mol. The van der Waals surface area contributed by atoms with Gasteiger partial charge in [-0.1, -0.05) is 5.21 Å². The minimum Gasteiger partial charge on any atom is -0.476 e. The second-order valence-corrected chi connectivity index (χ2v) is 3.25. The topological polar surface area (TPSA) is 111 Å². The molecule has 0 saturated carbocycles. The average molecular weight is 252 g/mol. The summed E-state index contributed by atoms with van der Waals surface area (Å²) in [5.41, 5.74) is -0.898. The highest BCUT2D eigenvalue weighted by atomic mass is 19.1. The van der Waals surface area contributed by atoms with E-state index < -0.39 is 22.4 Å². The number of halogens is 1. The number of hydrogen-bond donors (Lipinski definition) is 1. The van der Waals surface area contributed by atoms with Crippen molar-refractivity contribution in [2.45, 2.75) is 0 Å². The second-order valence-electron chi connectivity index (χ2n) is 3.25. The number of nitrogens with zero attached hydrogens (tertiary/aromatic N) is 4. The Labute approximate surface area is 98.4 Å². The normalized spacial score (nSPS) is 10.3. The first kappa shape index (κ1) is 11.6. The number of nitro benzene ring substituents is 1. The number of aromatic nitrogens is 3. The smallest absolute Gasteiger partial charge is 0.358 e. The summed E-state index contributed by atoms with van der Waals surface area (Å²) in [7, 11) is 0. The van der Waals surface area contributed by atoms with Gasteiger partial charge in [-0.2, -0.15) is 4.39 Å². The fourth-order valence-corrected chi connectivity index (χ4v) is 1.27. The van der Waals surface area contributed by atoms with Crippen molar-refractivity contribution in [1.82, 2.24) is 15.0 Å². The van der Waals surface area contributed by atoms with Gasteiger partial charge in [0.1, 0.15) is 0 Å². The van der Waals surface area contributed by atoms with Crippen LogP contribution in [0.3, 0.4) is 0 Å². The second kappa shape index (κ2) is 4.20. The number of carboxylic acids is 1. The zero-order valence-electron chi connectivity index (χ0n) is 8.65. The quantitative estimate of drug-likeness (QED) is 0.644. The standard InChI is InChI=1S/C9H5FN4O4/c10-6-2-1-5(3-8(6)14(17)18)13-4-7(9(15)16)11-12-13/h1-4H,(H,15,16). The highest BCUT2D eigenvalue weighted by Gasteiger charge is 2.16. The first-order valence-corrected chi connectivity index (χ1v) is 4.59. The van der Waals surface area contributed by atoms with Gasteiger partial charge in [0.15, 0.2) is 5.69 Å². The number of carbonyl (C=O) groups is 1. The molecule has 9 heteroatoms. The molecule has 0 spiro atoms. The molecule has 0 unspecified atom stereocenters. The number of carboxylic acid groups (broad SMARTS) is 1. The van der Waals surface area contributed by atoms with Crippen LogP contribution >= 0.6 is 0 Å². The monoisotopic (exact) mass is 252 g/mol. The first-order chi connectivity index (χ1) is 8.49. The van der Waals surface area contributed by atoms with Crippen LogP contribution in [0.15, 0.2) is 24.4 Å². The summed E-state index contributed by atoms with van der Waals surface area (Å²) in [6.45, 7) is 0. The maximum atomic E-state index is 13.1. The van der Waals surface area contributed by atoms with E-state index in [1.54, 1.807) is 0 Å². The lowest BCUT2D eigenvalue weighted by Crippen LogP contribution is -1.99. The van der Waals surface area contributed by atoms with Gasteiger partial charge in [0.2, 0.25) is 5.82 Å². The zero-order valence-corrected chi connectivity index (χ0v) is 8.65. The van der Waals surface area contributed by atoms with Crippen molar-refractivity contribution in [3.8, 4) is 5.69 Å². The van der Waals surface area contributed by atoms with Gasteiger partial charge >= 0.3 is 11.7 Å². The molecule has 0 aliphatic carbocycles. The van der Waals surface area contributed by atoms with Crippen LogP contribution in [-0.2, 0) is 0 Å². The summed E-state index contributed by atoms with van der Waals surface area (Å²) in [5, 5.41) is 26.0. The molecule has 0 saturated heterocycles. The van der Waals surface area contributed by atoms with Gasteiger partial charge < -0.3 is 5.11 Å². The molecule has 0 radical (unpaired) electrons. The zero-order chi connectivity index (χ0) is 13.3. The lowest BCUT2D eigenvalue weighted by atomic mass is 10.2. The van der Waals surface area contributed by atoms with Crippen LogP contribution in [0.2, 0.25) is 0 Å². The van der Waals surface area contributed by atoms with Crippen molar-refractivity contribution < 1.29 is 19.2 Å². The van der Waals surface area contributed by atoms with Gasteiger partial charge in [-0.25, -0.2) is 9.48 Å². The Balaban J connectivity index is 2.47. The molecule has 0 atom stereocenters. The molecule has 2 aromatic rings. The molecule has 18 heavy (non-hydrogen) atoms. The maximum absolute atomic E-state index is 13.1. The molecule has 0 bridgehead atoms. The van der Waals surface area contributed by atoms with Crippen LogP contribution in [0.5, 0.6) is 0 Å². The summed E-state index contributed by atoms with van der Waals surface area (Å²) in [4.78, 5) is 20.3. The summed E-state index contributed by atoms with van der Waals surface area (Å²) in [6.07, 6.45) is 1.07. The number of nitro groups is 1. The van der Waals surface area contributed by atoms with E-state index in [9.17, 15) is 19.3 Å². The van der Waals surface area contributed by atoms with Crippen molar-refractivity contribution in [2.75, 3.05) is 0 Å². The van der Waals surface area contributed by atoms with Gasteiger partial charge in [-0.05, 0) is 12.1 Å². The summed E-state index contributed by atoms with van der Waals surface area (Å²) in [6, 6.07) is 3.06. The van der Waals surface area contributed by atoms with E-state index in [-0.39, 0.29) is 11.4 Å². The molecule has 0 amide bonds. The Morgan fingerprint density at radius 3 is 2.78 bits per heavy atom. The number of hydrogen-bond acceptors (Lipinski definition) is 5. The van der Waals surface area contributed by atoms with Gasteiger partial charge in [-0.15, -0.1) is 5.10 Å². The Bertz CT molecular complexity index is 639. The van der Waals surface area contributed by atoms with E-state index >= 15 is 0 Å². The van der Waals surface area contributed by atoms with Crippen LogP contribution in [0.4, 0.5) is 10.1 Å². The van der Waals surface area contributed by atoms with E-state index in [0.29, 0.717) is 0 Å².